The molecule has 6 nitrogen and oxygen atoms in total. The molecular weight excluding hydrogens is 387 g/mol. The number of aliphatic hydroxyl groups excluding tert-OH is 1. The standard InChI is InChI=1S/C20H22F3N3O3/c1-12-11-16(19(28)29-2)25-17(24-12)18(27)26-9-7-13(8-10-26)14-5-3-4-6-15(14)20(21,22)23/h3-6,11,13,18,27H,7-10H2,1-2H3. The van der Waals surface area contributed by atoms with E-state index in [-0.39, 0.29) is 23.0 Å². The number of likely N-dealkylation sites (tertiary alicyclic amines) is 1. The van der Waals surface area contributed by atoms with Gasteiger partial charge < -0.3 is 9.84 Å². The van der Waals surface area contributed by atoms with E-state index in [1.165, 1.54) is 25.3 Å². The third kappa shape index (κ3) is 4.73. The number of ether oxygens (including phenoxy) is 1. The van der Waals surface area contributed by atoms with Crippen LogP contribution >= 0.6 is 0 Å². The molecule has 1 aliphatic rings. The van der Waals surface area contributed by atoms with Crippen molar-refractivity contribution in [3.05, 3.63) is 58.7 Å². The van der Waals surface area contributed by atoms with Crippen LogP contribution in [0.4, 0.5) is 13.2 Å². The van der Waals surface area contributed by atoms with Crippen molar-refractivity contribution in [2.75, 3.05) is 20.2 Å². The molecule has 0 aliphatic carbocycles. The Bertz CT molecular complexity index is 881. The van der Waals surface area contributed by atoms with Gasteiger partial charge in [-0.3, -0.25) is 4.90 Å². The Morgan fingerprint density at radius 1 is 1.24 bits per heavy atom. The van der Waals surface area contributed by atoms with Gasteiger partial charge in [0, 0.05) is 18.8 Å². The number of halogens is 3. The summed E-state index contributed by atoms with van der Waals surface area (Å²) in [7, 11) is 1.24. The number of carbonyl (C=O) groups excluding carboxylic acids is 1. The summed E-state index contributed by atoms with van der Waals surface area (Å²) in [5.74, 6) is -0.814. The van der Waals surface area contributed by atoms with Crippen LogP contribution in [0.5, 0.6) is 0 Å². The lowest BCUT2D eigenvalue weighted by atomic mass is 9.86. The SMILES string of the molecule is COC(=O)c1cc(C)nc(C(O)N2CCC(c3ccccc3C(F)(F)F)CC2)n1. The van der Waals surface area contributed by atoms with Gasteiger partial charge in [-0.1, -0.05) is 18.2 Å². The van der Waals surface area contributed by atoms with Gasteiger partial charge in [0.25, 0.3) is 0 Å². The molecule has 1 aromatic heterocycles. The molecule has 2 aromatic rings. The second kappa shape index (κ2) is 8.46. The number of rotatable bonds is 4. The molecule has 1 aliphatic heterocycles. The lowest BCUT2D eigenvalue weighted by molar-refractivity contribution is -0.138. The second-order valence-corrected chi connectivity index (χ2v) is 7.01. The fourth-order valence-corrected chi connectivity index (χ4v) is 3.65. The second-order valence-electron chi connectivity index (χ2n) is 7.01. The number of hydrogen-bond acceptors (Lipinski definition) is 6. The zero-order chi connectivity index (χ0) is 21.2. The molecule has 1 fully saturated rings. The fraction of sp³-hybridized carbons (Fsp3) is 0.450. The molecule has 1 N–H and O–H groups in total. The zero-order valence-electron chi connectivity index (χ0n) is 16.1. The number of nitrogens with zero attached hydrogens (tertiary/aromatic N) is 3. The van der Waals surface area contributed by atoms with Crippen molar-refractivity contribution in [2.24, 2.45) is 0 Å². The molecule has 1 saturated heterocycles. The number of aromatic nitrogens is 2. The lowest BCUT2D eigenvalue weighted by Gasteiger charge is -2.35. The average molecular weight is 409 g/mol. The van der Waals surface area contributed by atoms with Gasteiger partial charge >= 0.3 is 12.1 Å². The van der Waals surface area contributed by atoms with Gasteiger partial charge in [0.05, 0.1) is 12.7 Å². The van der Waals surface area contributed by atoms with Crippen molar-refractivity contribution in [3.8, 4) is 0 Å². The van der Waals surface area contributed by atoms with Gasteiger partial charge in [0.2, 0.25) is 0 Å². The minimum atomic E-state index is -4.40. The predicted molar refractivity (Wildman–Crippen MR) is 98.1 cm³/mol. The Kier molecular flexibility index (Phi) is 6.18. The molecule has 0 saturated carbocycles. The molecule has 2 heterocycles. The highest BCUT2D eigenvalue weighted by Gasteiger charge is 2.36. The summed E-state index contributed by atoms with van der Waals surface area (Å²) in [4.78, 5) is 21.7. The largest absolute Gasteiger partial charge is 0.464 e. The predicted octanol–water partition coefficient (Wildman–Crippen LogP) is 3.46. The Morgan fingerprint density at radius 3 is 2.52 bits per heavy atom. The molecule has 29 heavy (non-hydrogen) atoms. The quantitative estimate of drug-likeness (QED) is 0.780. The van der Waals surface area contributed by atoms with Crippen molar-refractivity contribution in [1.82, 2.24) is 14.9 Å². The molecule has 1 atom stereocenters. The van der Waals surface area contributed by atoms with E-state index >= 15 is 0 Å². The van der Waals surface area contributed by atoms with E-state index in [0.29, 0.717) is 31.6 Å². The topological polar surface area (TPSA) is 75.6 Å². The summed E-state index contributed by atoms with van der Waals surface area (Å²) >= 11 is 0. The number of piperidine rings is 1. The summed E-state index contributed by atoms with van der Waals surface area (Å²) in [5.41, 5.74) is 0.226. The first-order valence-electron chi connectivity index (χ1n) is 9.23. The summed E-state index contributed by atoms with van der Waals surface area (Å²) in [6, 6.07) is 7.08. The third-order valence-corrected chi connectivity index (χ3v) is 5.08. The van der Waals surface area contributed by atoms with Crippen LogP contribution in [-0.4, -0.2) is 46.1 Å². The van der Waals surface area contributed by atoms with E-state index in [1.54, 1.807) is 17.9 Å². The molecule has 3 rings (SSSR count). The first-order valence-corrected chi connectivity index (χ1v) is 9.23. The Morgan fingerprint density at radius 2 is 1.90 bits per heavy atom. The van der Waals surface area contributed by atoms with Gasteiger partial charge in [-0.05, 0) is 43.4 Å². The van der Waals surface area contributed by atoms with Gasteiger partial charge in [-0.25, -0.2) is 14.8 Å². The van der Waals surface area contributed by atoms with Crippen LogP contribution in [0.3, 0.4) is 0 Å². The summed E-state index contributed by atoms with van der Waals surface area (Å²) < 4.78 is 44.5. The fourth-order valence-electron chi connectivity index (χ4n) is 3.65. The monoisotopic (exact) mass is 409 g/mol. The highest BCUT2D eigenvalue weighted by atomic mass is 19.4. The summed E-state index contributed by atoms with van der Waals surface area (Å²) in [6.07, 6.45) is -4.64. The molecule has 1 aromatic carbocycles. The maximum absolute atomic E-state index is 13.3. The highest BCUT2D eigenvalue weighted by molar-refractivity contribution is 5.87. The number of alkyl halides is 3. The van der Waals surface area contributed by atoms with Crippen LogP contribution in [0.15, 0.2) is 30.3 Å². The van der Waals surface area contributed by atoms with Crippen molar-refractivity contribution in [3.63, 3.8) is 0 Å². The van der Waals surface area contributed by atoms with Crippen molar-refractivity contribution in [1.29, 1.82) is 0 Å². The number of aryl methyl sites for hydroxylation is 1. The molecule has 9 heteroatoms. The molecule has 0 radical (unpaired) electrons. The maximum atomic E-state index is 13.3. The smallest absolute Gasteiger partial charge is 0.416 e. The number of methoxy groups -OCH3 is 1. The normalized spacial score (nSPS) is 17.2. The zero-order valence-corrected chi connectivity index (χ0v) is 16.1. The van der Waals surface area contributed by atoms with Crippen molar-refractivity contribution >= 4 is 5.97 Å². The van der Waals surface area contributed by atoms with E-state index in [1.807, 2.05) is 0 Å². The maximum Gasteiger partial charge on any atom is 0.416 e. The van der Waals surface area contributed by atoms with E-state index in [2.05, 4.69) is 14.7 Å². The van der Waals surface area contributed by atoms with Crippen LogP contribution in [0.2, 0.25) is 0 Å². The molecule has 0 spiro atoms. The molecule has 0 bridgehead atoms. The number of carbonyl (C=O) groups is 1. The van der Waals surface area contributed by atoms with E-state index < -0.39 is 23.9 Å². The first kappa shape index (κ1) is 21.2. The minimum absolute atomic E-state index is 0.0445. The van der Waals surface area contributed by atoms with Crippen LogP contribution < -0.4 is 0 Å². The van der Waals surface area contributed by atoms with E-state index in [4.69, 9.17) is 0 Å². The third-order valence-electron chi connectivity index (χ3n) is 5.08. The number of hydrogen-bond donors (Lipinski definition) is 1. The first-order chi connectivity index (χ1) is 13.7. The van der Waals surface area contributed by atoms with Gasteiger partial charge in [0.1, 0.15) is 0 Å². The lowest BCUT2D eigenvalue weighted by Crippen LogP contribution is -2.37. The summed E-state index contributed by atoms with van der Waals surface area (Å²) in [5, 5.41) is 10.7. The van der Waals surface area contributed by atoms with E-state index in [9.17, 15) is 23.1 Å². The number of benzene rings is 1. The number of aliphatic hydroxyl groups is 1. The van der Waals surface area contributed by atoms with Crippen LogP contribution in [0.1, 0.15) is 58.1 Å². The van der Waals surface area contributed by atoms with E-state index in [0.717, 1.165) is 6.07 Å². The number of esters is 1. The van der Waals surface area contributed by atoms with Crippen molar-refractivity contribution in [2.45, 2.75) is 38.1 Å². The Labute approximate surface area is 166 Å². The van der Waals surface area contributed by atoms with Gasteiger partial charge in [-0.2, -0.15) is 13.2 Å². The average Bonchev–Trinajstić information content (AvgIpc) is 2.71. The summed E-state index contributed by atoms with van der Waals surface area (Å²) in [6.45, 7) is 2.43. The van der Waals surface area contributed by atoms with Gasteiger partial charge in [-0.15, -0.1) is 0 Å². The molecular formula is C20H22F3N3O3. The Balaban J connectivity index is 1.73. The molecule has 0 amide bonds. The van der Waals surface area contributed by atoms with Crippen LogP contribution in [-0.2, 0) is 10.9 Å². The molecule has 156 valence electrons. The Hall–Kier alpha value is -2.52. The molecule has 1 unspecified atom stereocenters. The van der Waals surface area contributed by atoms with Crippen molar-refractivity contribution < 1.29 is 27.8 Å². The highest BCUT2D eigenvalue weighted by Crippen LogP contribution is 2.39. The minimum Gasteiger partial charge on any atom is -0.464 e. The van der Waals surface area contributed by atoms with Crippen LogP contribution in [0.25, 0.3) is 0 Å². The van der Waals surface area contributed by atoms with Gasteiger partial charge in [0.15, 0.2) is 17.7 Å². The van der Waals surface area contributed by atoms with Crippen LogP contribution in [0, 0.1) is 6.92 Å².